The molecule has 0 saturated heterocycles. The van der Waals surface area contributed by atoms with E-state index in [1.807, 2.05) is 0 Å². The van der Waals surface area contributed by atoms with Crippen LogP contribution in [0, 0.1) is 10.7 Å². The molecule has 0 atom stereocenters. The van der Waals surface area contributed by atoms with Crippen LogP contribution in [-0.2, 0) is 13.0 Å². The van der Waals surface area contributed by atoms with Crippen molar-refractivity contribution in [2.45, 2.75) is 32.2 Å². The van der Waals surface area contributed by atoms with Crippen molar-refractivity contribution >= 4 is 18.0 Å². The number of hydrogen-bond donors (Lipinski definition) is 3. The highest BCUT2D eigenvalue weighted by molar-refractivity contribution is 7.71. The second-order valence-corrected chi connectivity index (χ2v) is 5.34. The standard InChI is InChI=1S/C12H18N4S/c17-12-15-10-4-5-13-7-9(10)11(16-12)14-6-8-2-1-3-8/h8,13H,1-7H2,(H2,14,15,16,17). The van der Waals surface area contributed by atoms with E-state index in [0.29, 0.717) is 4.77 Å². The Kier molecular flexibility index (Phi) is 3.11. The van der Waals surface area contributed by atoms with E-state index in [4.69, 9.17) is 12.2 Å². The Morgan fingerprint density at radius 1 is 1.41 bits per heavy atom. The molecular weight excluding hydrogens is 232 g/mol. The Labute approximate surface area is 106 Å². The van der Waals surface area contributed by atoms with Crippen molar-refractivity contribution in [2.24, 2.45) is 5.92 Å². The summed E-state index contributed by atoms with van der Waals surface area (Å²) in [5, 5.41) is 6.86. The lowest BCUT2D eigenvalue weighted by molar-refractivity contribution is 0.333. The minimum absolute atomic E-state index is 0.599. The zero-order valence-electron chi connectivity index (χ0n) is 9.88. The number of H-pyrrole nitrogens is 1. The van der Waals surface area contributed by atoms with Crippen molar-refractivity contribution in [3.05, 3.63) is 16.0 Å². The molecule has 92 valence electrons. The van der Waals surface area contributed by atoms with Crippen LogP contribution in [0.1, 0.15) is 30.5 Å². The minimum Gasteiger partial charge on any atom is -0.369 e. The average Bonchev–Trinajstić information content (AvgIpc) is 2.26. The molecule has 1 fully saturated rings. The minimum atomic E-state index is 0.599. The molecule has 0 unspecified atom stereocenters. The van der Waals surface area contributed by atoms with E-state index in [2.05, 4.69) is 20.6 Å². The summed E-state index contributed by atoms with van der Waals surface area (Å²) >= 11 is 5.18. The Morgan fingerprint density at radius 2 is 2.29 bits per heavy atom. The van der Waals surface area contributed by atoms with Gasteiger partial charge in [-0.1, -0.05) is 6.42 Å². The molecule has 3 N–H and O–H groups in total. The first-order valence-corrected chi connectivity index (χ1v) is 6.80. The summed E-state index contributed by atoms with van der Waals surface area (Å²) in [4.78, 5) is 7.63. The fourth-order valence-corrected chi connectivity index (χ4v) is 2.67. The molecule has 5 heteroatoms. The predicted molar refractivity (Wildman–Crippen MR) is 70.7 cm³/mol. The summed E-state index contributed by atoms with van der Waals surface area (Å²) in [5.74, 6) is 1.82. The molecule has 1 aromatic heterocycles. The number of nitrogens with zero attached hydrogens (tertiary/aromatic N) is 1. The summed E-state index contributed by atoms with van der Waals surface area (Å²) < 4.78 is 0.599. The molecule has 17 heavy (non-hydrogen) atoms. The van der Waals surface area contributed by atoms with E-state index in [1.54, 1.807) is 0 Å². The van der Waals surface area contributed by atoms with Crippen LogP contribution in [-0.4, -0.2) is 23.1 Å². The predicted octanol–water partition coefficient (Wildman–Crippen LogP) is 2.00. The lowest BCUT2D eigenvalue weighted by atomic mass is 9.85. The van der Waals surface area contributed by atoms with Gasteiger partial charge in [-0.3, -0.25) is 0 Å². The first kappa shape index (κ1) is 11.2. The molecule has 4 nitrogen and oxygen atoms in total. The van der Waals surface area contributed by atoms with Gasteiger partial charge in [0.05, 0.1) is 0 Å². The third-order valence-corrected chi connectivity index (χ3v) is 3.95. The van der Waals surface area contributed by atoms with Crippen molar-refractivity contribution in [3.63, 3.8) is 0 Å². The quantitative estimate of drug-likeness (QED) is 0.718. The van der Waals surface area contributed by atoms with E-state index in [0.717, 1.165) is 37.8 Å². The highest BCUT2D eigenvalue weighted by Crippen LogP contribution is 2.27. The van der Waals surface area contributed by atoms with Gasteiger partial charge in [-0.25, -0.2) is 4.98 Å². The van der Waals surface area contributed by atoms with E-state index in [9.17, 15) is 0 Å². The van der Waals surface area contributed by atoms with Crippen LogP contribution in [0.25, 0.3) is 0 Å². The molecule has 0 spiro atoms. The maximum Gasteiger partial charge on any atom is 0.198 e. The number of anilines is 1. The van der Waals surface area contributed by atoms with Crippen molar-refractivity contribution in [3.8, 4) is 0 Å². The maximum atomic E-state index is 5.18. The number of aromatic nitrogens is 2. The van der Waals surface area contributed by atoms with Gasteiger partial charge in [0.2, 0.25) is 0 Å². The van der Waals surface area contributed by atoms with Gasteiger partial charge in [-0.15, -0.1) is 0 Å². The largest absolute Gasteiger partial charge is 0.369 e. The highest BCUT2D eigenvalue weighted by Gasteiger charge is 2.19. The fraction of sp³-hybridized carbons (Fsp3) is 0.667. The van der Waals surface area contributed by atoms with Crippen molar-refractivity contribution < 1.29 is 0 Å². The van der Waals surface area contributed by atoms with Crippen LogP contribution in [0.3, 0.4) is 0 Å². The van der Waals surface area contributed by atoms with Gasteiger partial charge in [0.25, 0.3) is 0 Å². The molecule has 2 heterocycles. The molecule has 0 amide bonds. The van der Waals surface area contributed by atoms with Crippen LogP contribution in [0.5, 0.6) is 0 Å². The number of nitrogens with one attached hydrogen (secondary N) is 3. The van der Waals surface area contributed by atoms with E-state index < -0.39 is 0 Å². The molecule has 0 radical (unpaired) electrons. The van der Waals surface area contributed by atoms with Crippen LogP contribution < -0.4 is 10.6 Å². The maximum absolute atomic E-state index is 5.18. The van der Waals surface area contributed by atoms with Gasteiger partial charge in [0.15, 0.2) is 4.77 Å². The first-order chi connectivity index (χ1) is 8.33. The summed E-state index contributed by atoms with van der Waals surface area (Å²) in [5.41, 5.74) is 2.52. The lowest BCUT2D eigenvalue weighted by Crippen LogP contribution is -2.28. The first-order valence-electron chi connectivity index (χ1n) is 6.39. The lowest BCUT2D eigenvalue weighted by Gasteiger charge is -2.27. The van der Waals surface area contributed by atoms with Crippen LogP contribution in [0.2, 0.25) is 0 Å². The molecule has 1 aliphatic carbocycles. The molecular formula is C12H18N4S. The zero-order valence-corrected chi connectivity index (χ0v) is 10.7. The van der Waals surface area contributed by atoms with E-state index >= 15 is 0 Å². The van der Waals surface area contributed by atoms with E-state index in [-0.39, 0.29) is 0 Å². The number of fused-ring (bicyclic) bond motifs is 1. The van der Waals surface area contributed by atoms with Crippen molar-refractivity contribution in [1.29, 1.82) is 0 Å². The monoisotopic (exact) mass is 250 g/mol. The van der Waals surface area contributed by atoms with Crippen LogP contribution in [0.4, 0.5) is 5.82 Å². The number of aromatic amines is 1. The molecule has 3 rings (SSSR count). The van der Waals surface area contributed by atoms with Crippen molar-refractivity contribution in [1.82, 2.24) is 15.3 Å². The van der Waals surface area contributed by atoms with Gasteiger partial charge < -0.3 is 15.6 Å². The normalized spacial score (nSPS) is 19.5. The Balaban J connectivity index is 1.81. The third kappa shape index (κ3) is 2.35. The van der Waals surface area contributed by atoms with Crippen molar-refractivity contribution in [2.75, 3.05) is 18.4 Å². The topological polar surface area (TPSA) is 52.7 Å². The summed E-state index contributed by atoms with van der Waals surface area (Å²) in [6.45, 7) is 2.95. The SMILES string of the molecule is S=c1nc(NCC2CCC2)c2c([nH]1)CCNC2. The second kappa shape index (κ2) is 4.74. The zero-order chi connectivity index (χ0) is 11.7. The Hall–Kier alpha value is -0.940. The van der Waals surface area contributed by atoms with E-state index in [1.165, 1.54) is 30.5 Å². The summed E-state index contributed by atoms with van der Waals surface area (Å²) in [6.07, 6.45) is 5.11. The highest BCUT2D eigenvalue weighted by atomic mass is 32.1. The molecule has 1 aliphatic heterocycles. The molecule has 1 saturated carbocycles. The van der Waals surface area contributed by atoms with Gasteiger partial charge in [0.1, 0.15) is 5.82 Å². The molecule has 2 aliphatic rings. The Morgan fingerprint density at radius 3 is 3.06 bits per heavy atom. The fourth-order valence-electron chi connectivity index (χ4n) is 2.46. The summed E-state index contributed by atoms with van der Waals surface area (Å²) in [7, 11) is 0. The van der Waals surface area contributed by atoms with Gasteiger partial charge in [-0.05, 0) is 31.0 Å². The molecule has 0 aromatic carbocycles. The Bertz CT molecular complexity index is 464. The van der Waals surface area contributed by atoms with Gasteiger partial charge in [-0.2, -0.15) is 0 Å². The second-order valence-electron chi connectivity index (χ2n) is 4.95. The van der Waals surface area contributed by atoms with Crippen LogP contribution in [0.15, 0.2) is 0 Å². The van der Waals surface area contributed by atoms with Crippen LogP contribution >= 0.6 is 12.2 Å². The van der Waals surface area contributed by atoms with Gasteiger partial charge in [0, 0.05) is 37.3 Å². The molecule has 1 aromatic rings. The summed E-state index contributed by atoms with van der Waals surface area (Å²) in [6, 6.07) is 0. The number of rotatable bonds is 3. The third-order valence-electron chi connectivity index (χ3n) is 3.76. The van der Waals surface area contributed by atoms with Gasteiger partial charge >= 0.3 is 0 Å². The molecule has 0 bridgehead atoms. The average molecular weight is 250 g/mol. The smallest absolute Gasteiger partial charge is 0.198 e. The number of hydrogen-bond acceptors (Lipinski definition) is 4.